The minimum Gasteiger partial charge on any atom is -0.504 e. The van der Waals surface area contributed by atoms with Gasteiger partial charge in [-0.25, -0.2) is 0 Å². The van der Waals surface area contributed by atoms with Crippen LogP contribution in [0.1, 0.15) is 18.9 Å². The van der Waals surface area contributed by atoms with Crippen molar-refractivity contribution in [2.75, 3.05) is 0 Å². The summed E-state index contributed by atoms with van der Waals surface area (Å²) in [6.45, 7) is 1.54. The summed E-state index contributed by atoms with van der Waals surface area (Å²) >= 11 is 0. The Morgan fingerprint density at radius 2 is 2.06 bits per heavy atom. The van der Waals surface area contributed by atoms with Gasteiger partial charge in [0.15, 0.2) is 17.3 Å². The Morgan fingerprint density at radius 1 is 1.38 bits per heavy atom. The summed E-state index contributed by atoms with van der Waals surface area (Å²) in [5, 5.41) is 27.2. The van der Waals surface area contributed by atoms with Crippen molar-refractivity contribution in [1.29, 1.82) is 0 Å². The topological polar surface area (TPSA) is 77.8 Å². The Balaban J connectivity index is 2.69. The molecule has 86 valence electrons. The van der Waals surface area contributed by atoms with Crippen LogP contribution in [-0.4, -0.2) is 27.2 Å². The first-order valence-corrected chi connectivity index (χ1v) is 4.90. The molecule has 0 aliphatic rings. The molecule has 4 nitrogen and oxygen atoms in total. The molecule has 0 saturated carbocycles. The highest BCUT2D eigenvalue weighted by Gasteiger charge is 2.02. The van der Waals surface area contributed by atoms with E-state index in [0.29, 0.717) is 5.56 Å². The number of aromatic hydroxyl groups is 2. The number of hydrogen-bond donors (Lipinski definition) is 3. The van der Waals surface area contributed by atoms with Crippen molar-refractivity contribution < 1.29 is 20.1 Å². The zero-order chi connectivity index (χ0) is 12.1. The molecular weight excluding hydrogens is 208 g/mol. The van der Waals surface area contributed by atoms with Crippen molar-refractivity contribution in [1.82, 2.24) is 0 Å². The van der Waals surface area contributed by atoms with E-state index in [0.717, 1.165) is 0 Å². The number of benzene rings is 1. The Hall–Kier alpha value is -1.81. The molecule has 0 aliphatic carbocycles. The van der Waals surface area contributed by atoms with Gasteiger partial charge in [-0.15, -0.1) is 0 Å². The second kappa shape index (κ2) is 5.32. The van der Waals surface area contributed by atoms with Crippen molar-refractivity contribution in [3.63, 3.8) is 0 Å². The maximum Gasteiger partial charge on any atom is 0.158 e. The molecule has 1 rings (SSSR count). The summed E-state index contributed by atoms with van der Waals surface area (Å²) in [5.74, 6) is -0.625. The molecule has 1 atom stereocenters. The first kappa shape index (κ1) is 12.3. The summed E-state index contributed by atoms with van der Waals surface area (Å²) < 4.78 is 0. The fraction of sp³-hybridized carbons (Fsp3) is 0.250. The van der Waals surface area contributed by atoms with Crippen molar-refractivity contribution in [2.45, 2.75) is 19.4 Å². The van der Waals surface area contributed by atoms with Crippen LogP contribution in [0.3, 0.4) is 0 Å². The predicted molar refractivity (Wildman–Crippen MR) is 60.1 cm³/mol. The number of phenols is 2. The molecule has 0 bridgehead atoms. The SMILES string of the molecule is CC(O)CC(=O)/C=C/c1ccc(O)c(O)c1. The zero-order valence-corrected chi connectivity index (χ0v) is 8.92. The standard InChI is InChI=1S/C12H14O4/c1-8(13)6-10(14)4-2-9-3-5-11(15)12(16)7-9/h2-5,7-8,13,15-16H,6H2,1H3/b4-2+. The predicted octanol–water partition coefficient (Wildman–Crippen LogP) is 1.45. The lowest BCUT2D eigenvalue weighted by molar-refractivity contribution is -0.116. The molecule has 0 heterocycles. The van der Waals surface area contributed by atoms with Crippen LogP contribution in [0.5, 0.6) is 11.5 Å². The molecule has 16 heavy (non-hydrogen) atoms. The van der Waals surface area contributed by atoms with Crippen LogP contribution in [0.4, 0.5) is 0 Å². The second-order valence-corrected chi connectivity index (χ2v) is 3.60. The lowest BCUT2D eigenvalue weighted by Gasteiger charge is -2.00. The highest BCUT2D eigenvalue weighted by molar-refractivity contribution is 5.93. The van der Waals surface area contributed by atoms with Gasteiger partial charge in [-0.2, -0.15) is 0 Å². The molecular formula is C12H14O4. The van der Waals surface area contributed by atoms with E-state index in [2.05, 4.69) is 0 Å². The van der Waals surface area contributed by atoms with Crippen LogP contribution in [-0.2, 0) is 4.79 Å². The Morgan fingerprint density at radius 3 is 2.62 bits per heavy atom. The van der Waals surface area contributed by atoms with Gasteiger partial charge in [0, 0.05) is 6.42 Å². The normalized spacial score (nSPS) is 12.9. The quantitative estimate of drug-likeness (QED) is 0.532. The van der Waals surface area contributed by atoms with Gasteiger partial charge in [-0.05, 0) is 30.7 Å². The van der Waals surface area contributed by atoms with Crippen molar-refractivity contribution in [3.8, 4) is 11.5 Å². The molecule has 1 unspecified atom stereocenters. The van der Waals surface area contributed by atoms with Crippen molar-refractivity contribution in [2.24, 2.45) is 0 Å². The van der Waals surface area contributed by atoms with Gasteiger partial charge in [0.1, 0.15) is 0 Å². The van der Waals surface area contributed by atoms with E-state index < -0.39 is 6.10 Å². The third-order valence-electron chi connectivity index (χ3n) is 1.96. The molecule has 1 aromatic rings. The average molecular weight is 222 g/mol. The third-order valence-corrected chi connectivity index (χ3v) is 1.96. The molecule has 0 fully saturated rings. The maximum absolute atomic E-state index is 11.2. The fourth-order valence-electron chi connectivity index (χ4n) is 1.19. The number of hydrogen-bond acceptors (Lipinski definition) is 4. The number of phenolic OH excluding ortho intramolecular Hbond substituents is 2. The van der Waals surface area contributed by atoms with E-state index in [4.69, 9.17) is 10.2 Å². The summed E-state index contributed by atoms with van der Waals surface area (Å²) in [4.78, 5) is 11.2. The Labute approximate surface area is 93.5 Å². The number of ketones is 1. The minimum absolute atomic E-state index is 0.0700. The van der Waals surface area contributed by atoms with Crippen molar-refractivity contribution >= 4 is 11.9 Å². The molecule has 0 aliphatic heterocycles. The van der Waals surface area contributed by atoms with E-state index in [1.165, 1.54) is 31.2 Å². The molecule has 0 spiro atoms. The Kier molecular flexibility index (Phi) is 4.08. The van der Waals surface area contributed by atoms with Gasteiger partial charge in [0.05, 0.1) is 6.10 Å². The van der Waals surface area contributed by atoms with Crippen LogP contribution in [0, 0.1) is 0 Å². The van der Waals surface area contributed by atoms with Gasteiger partial charge >= 0.3 is 0 Å². The molecule has 0 amide bonds. The first-order valence-electron chi connectivity index (χ1n) is 4.90. The number of carbonyl (C=O) groups excluding carboxylic acids is 1. The zero-order valence-electron chi connectivity index (χ0n) is 8.92. The van der Waals surface area contributed by atoms with Crippen LogP contribution in [0.15, 0.2) is 24.3 Å². The number of allylic oxidation sites excluding steroid dienone is 1. The lowest BCUT2D eigenvalue weighted by atomic mass is 10.1. The van der Waals surface area contributed by atoms with Gasteiger partial charge in [-0.1, -0.05) is 12.1 Å². The fourth-order valence-corrected chi connectivity index (χ4v) is 1.19. The molecule has 0 saturated heterocycles. The smallest absolute Gasteiger partial charge is 0.158 e. The summed E-state index contributed by atoms with van der Waals surface area (Å²) in [5.41, 5.74) is 0.606. The number of rotatable bonds is 4. The molecule has 0 radical (unpaired) electrons. The number of aliphatic hydroxyl groups excluding tert-OH is 1. The highest BCUT2D eigenvalue weighted by Crippen LogP contribution is 2.25. The number of carbonyl (C=O) groups is 1. The summed E-state index contributed by atoms with van der Waals surface area (Å²) in [7, 11) is 0. The van der Waals surface area contributed by atoms with E-state index in [-0.39, 0.29) is 23.7 Å². The van der Waals surface area contributed by atoms with Crippen molar-refractivity contribution in [3.05, 3.63) is 29.8 Å². The molecule has 3 N–H and O–H groups in total. The molecule has 4 heteroatoms. The Bertz CT molecular complexity index is 407. The van der Waals surface area contributed by atoms with E-state index in [9.17, 15) is 9.90 Å². The maximum atomic E-state index is 11.2. The second-order valence-electron chi connectivity index (χ2n) is 3.60. The third kappa shape index (κ3) is 3.74. The van der Waals surface area contributed by atoms with Gasteiger partial charge in [0.25, 0.3) is 0 Å². The first-order chi connectivity index (χ1) is 7.49. The van der Waals surface area contributed by atoms with Crippen LogP contribution in [0.25, 0.3) is 6.08 Å². The van der Waals surface area contributed by atoms with Gasteiger partial charge in [0.2, 0.25) is 0 Å². The van der Waals surface area contributed by atoms with E-state index in [1.54, 1.807) is 6.07 Å². The largest absolute Gasteiger partial charge is 0.504 e. The average Bonchev–Trinajstić information content (AvgIpc) is 2.19. The van der Waals surface area contributed by atoms with E-state index in [1.807, 2.05) is 0 Å². The van der Waals surface area contributed by atoms with Crippen LogP contribution in [0.2, 0.25) is 0 Å². The summed E-state index contributed by atoms with van der Waals surface area (Å²) in [6, 6.07) is 4.26. The molecule has 1 aromatic carbocycles. The highest BCUT2D eigenvalue weighted by atomic mass is 16.3. The summed E-state index contributed by atoms with van der Waals surface area (Å²) in [6.07, 6.45) is 2.26. The molecule has 0 aromatic heterocycles. The lowest BCUT2D eigenvalue weighted by Crippen LogP contribution is -2.06. The monoisotopic (exact) mass is 222 g/mol. The van der Waals surface area contributed by atoms with Crippen LogP contribution < -0.4 is 0 Å². The van der Waals surface area contributed by atoms with Gasteiger partial charge < -0.3 is 15.3 Å². The minimum atomic E-state index is -0.662. The van der Waals surface area contributed by atoms with E-state index >= 15 is 0 Å². The number of aliphatic hydroxyl groups is 1. The van der Waals surface area contributed by atoms with Crippen LogP contribution >= 0.6 is 0 Å². The van der Waals surface area contributed by atoms with Gasteiger partial charge in [-0.3, -0.25) is 4.79 Å².